The van der Waals surface area contributed by atoms with Gasteiger partial charge in [0.25, 0.3) is 11.8 Å². The number of thiazole rings is 1. The van der Waals surface area contributed by atoms with E-state index in [2.05, 4.69) is 15.5 Å². The highest BCUT2D eigenvalue weighted by Gasteiger charge is 2.54. The van der Waals surface area contributed by atoms with E-state index in [1.807, 2.05) is 0 Å². The van der Waals surface area contributed by atoms with Gasteiger partial charge in [-0.15, -0.1) is 35.5 Å². The van der Waals surface area contributed by atoms with Gasteiger partial charge >= 0.3 is 5.97 Å². The van der Waals surface area contributed by atoms with Gasteiger partial charge in [-0.2, -0.15) is 0 Å². The highest BCUT2D eigenvalue weighted by Crippen LogP contribution is 2.41. The van der Waals surface area contributed by atoms with Crippen molar-refractivity contribution in [1.82, 2.24) is 20.1 Å². The van der Waals surface area contributed by atoms with Crippen LogP contribution in [-0.4, -0.2) is 91.4 Å². The number of carbonyl (C=O) groups is 4. The Labute approximate surface area is 212 Å². The summed E-state index contributed by atoms with van der Waals surface area (Å²) in [5.74, 6) is -3.07. The lowest BCUT2D eigenvalue weighted by Crippen LogP contribution is -2.71. The third kappa shape index (κ3) is 4.83. The zero-order chi connectivity index (χ0) is 24.6. The summed E-state index contributed by atoms with van der Waals surface area (Å²) in [4.78, 5) is 56.1. The number of nitrogen functional groups attached to an aromatic ring is 1. The van der Waals surface area contributed by atoms with E-state index in [4.69, 9.17) is 5.73 Å². The Hall–Kier alpha value is -3.17. The molecule has 3 aliphatic rings. The summed E-state index contributed by atoms with van der Waals surface area (Å²) in [5.41, 5.74) is 5.50. The van der Waals surface area contributed by atoms with Crippen molar-refractivity contribution in [2.24, 2.45) is 5.16 Å². The molecule has 2 fully saturated rings. The number of aliphatic carboxylic acids is 1. The Bertz CT molecular complexity index is 1170. The normalized spacial score (nSPS) is 23.2. The number of oxime groups is 1. The summed E-state index contributed by atoms with van der Waals surface area (Å²) in [5, 5.41) is 25.3. The molecule has 2 unspecified atom stereocenters. The summed E-state index contributed by atoms with van der Waals surface area (Å²) in [6.45, 7) is -0.361. The third-order valence-electron chi connectivity index (χ3n) is 5.48. The van der Waals surface area contributed by atoms with E-state index >= 15 is 0 Å². The van der Waals surface area contributed by atoms with Gasteiger partial charge in [-0.05, 0) is 18.1 Å². The first-order valence-corrected chi connectivity index (χ1v) is 11.9. The van der Waals surface area contributed by atoms with E-state index in [9.17, 15) is 33.9 Å². The molecule has 0 aromatic carbocycles. The van der Waals surface area contributed by atoms with Crippen LogP contribution in [0.1, 0.15) is 12.1 Å². The molecule has 4 heterocycles. The van der Waals surface area contributed by atoms with Crippen molar-refractivity contribution in [3.8, 4) is 0 Å². The number of carbonyl (C=O) groups excluding carboxylic acids is 3. The molecule has 5 N–H and O–H groups in total. The number of hydrogen-bond donors (Lipinski definition) is 4. The topological polar surface area (TPSA) is 179 Å². The molecule has 3 aliphatic heterocycles. The summed E-state index contributed by atoms with van der Waals surface area (Å²) in [7, 11) is 0. The molecule has 0 spiro atoms. The number of nitrogens with one attached hydrogen (secondary N) is 1. The van der Waals surface area contributed by atoms with Crippen molar-refractivity contribution in [1.29, 1.82) is 0 Å². The van der Waals surface area contributed by atoms with Crippen molar-refractivity contribution < 1.29 is 33.9 Å². The Morgan fingerprint density at radius 2 is 2.14 bits per heavy atom. The molecular formula is C19H20ClFN6O6S2. The van der Waals surface area contributed by atoms with Gasteiger partial charge in [-0.25, -0.2) is 14.2 Å². The minimum atomic E-state index is -1.35. The molecule has 1 aromatic rings. The maximum atomic E-state index is 12.8. The van der Waals surface area contributed by atoms with Gasteiger partial charge in [-0.3, -0.25) is 19.3 Å². The van der Waals surface area contributed by atoms with Crippen LogP contribution in [0, 0.1) is 0 Å². The molecule has 2 saturated heterocycles. The number of aromatic nitrogens is 1. The van der Waals surface area contributed by atoms with Crippen molar-refractivity contribution in [2.75, 3.05) is 31.3 Å². The number of rotatable bonds is 7. The lowest BCUT2D eigenvalue weighted by molar-refractivity contribution is -0.150. The van der Waals surface area contributed by atoms with Gasteiger partial charge in [0.15, 0.2) is 10.8 Å². The number of fused-ring (bicyclic) bond motifs is 1. The maximum absolute atomic E-state index is 12.8. The number of hydrogen-bond acceptors (Lipinski definition) is 10. The summed E-state index contributed by atoms with van der Waals surface area (Å²) in [6.07, 6.45) is 1.80. The fourth-order valence-corrected chi connectivity index (χ4v) is 5.75. The molecule has 188 valence electrons. The Morgan fingerprint density at radius 1 is 1.40 bits per heavy atom. The number of allylic oxidation sites excluding steroid dienone is 1. The van der Waals surface area contributed by atoms with Crippen LogP contribution in [0.5, 0.6) is 0 Å². The lowest BCUT2D eigenvalue weighted by atomic mass is 10.0. The number of nitrogens with two attached hydrogens (primary N) is 1. The van der Waals surface area contributed by atoms with Gasteiger partial charge in [0.1, 0.15) is 29.5 Å². The first kappa shape index (κ1) is 26.4. The van der Waals surface area contributed by atoms with Gasteiger partial charge in [0.2, 0.25) is 5.91 Å². The smallest absolute Gasteiger partial charge is 0.352 e. The lowest BCUT2D eigenvalue weighted by Gasteiger charge is -2.49. The number of halogens is 2. The van der Waals surface area contributed by atoms with Crippen LogP contribution in [0.4, 0.5) is 9.52 Å². The van der Waals surface area contributed by atoms with Gasteiger partial charge < -0.3 is 26.3 Å². The molecule has 2 atom stereocenters. The number of carboxylic acid groups (broad SMARTS) is 1. The average Bonchev–Trinajstić information content (AvgIpc) is 3.38. The summed E-state index contributed by atoms with van der Waals surface area (Å²) < 4.78 is 12.6. The van der Waals surface area contributed by atoms with Gasteiger partial charge in [-0.1, -0.05) is 5.16 Å². The van der Waals surface area contributed by atoms with Crippen LogP contribution >= 0.6 is 35.5 Å². The number of thioether (sulfide) groups is 1. The van der Waals surface area contributed by atoms with Crippen LogP contribution < -0.4 is 11.1 Å². The summed E-state index contributed by atoms with van der Waals surface area (Å²) in [6, 6.07) is -1.05. The number of alkyl halides is 1. The van der Waals surface area contributed by atoms with E-state index in [0.29, 0.717) is 18.5 Å². The molecule has 0 radical (unpaired) electrons. The predicted molar refractivity (Wildman–Crippen MR) is 127 cm³/mol. The zero-order valence-corrected chi connectivity index (χ0v) is 20.3. The van der Waals surface area contributed by atoms with Gasteiger partial charge in [0.05, 0.1) is 0 Å². The number of likely N-dealkylation sites (tertiary alicyclic amines) is 1. The highest BCUT2D eigenvalue weighted by atomic mass is 35.5. The first-order valence-electron chi connectivity index (χ1n) is 9.98. The van der Waals surface area contributed by atoms with E-state index in [-0.39, 0.29) is 52.7 Å². The van der Waals surface area contributed by atoms with Crippen LogP contribution in [0.2, 0.25) is 0 Å². The van der Waals surface area contributed by atoms with Gasteiger partial charge in [0, 0.05) is 29.8 Å². The van der Waals surface area contributed by atoms with E-state index in [1.54, 1.807) is 0 Å². The summed E-state index contributed by atoms with van der Waals surface area (Å²) >= 11 is 2.25. The molecule has 0 aliphatic carbocycles. The van der Waals surface area contributed by atoms with Crippen LogP contribution in [0.15, 0.2) is 33.5 Å². The van der Waals surface area contributed by atoms with Crippen molar-refractivity contribution >= 4 is 70.0 Å². The molecule has 0 saturated carbocycles. The second-order valence-corrected chi connectivity index (χ2v) is 9.45. The molecule has 1 aromatic heterocycles. The van der Waals surface area contributed by atoms with E-state index in [1.165, 1.54) is 28.1 Å². The molecule has 4 rings (SSSR count). The number of amides is 3. The maximum Gasteiger partial charge on any atom is 0.352 e. The fraction of sp³-hybridized carbons (Fsp3) is 0.368. The predicted octanol–water partition coefficient (Wildman–Crippen LogP) is 0.192. The standard InChI is InChI=1S/C19H19FN6O6S2.ClH/c20-2-4-25-3-1-8(15(25)28)5-9-6-33-17-12(16(29)26(17)13(9)18(30)31)23-14(27)11(24-32)10-7-34-19(21)22-10;/h5,7,12,17,32H,1-4,6H2,(H2,21,22)(H,23,27)(H,30,31);1H. The Morgan fingerprint density at radius 3 is 2.74 bits per heavy atom. The Kier molecular flexibility index (Phi) is 8.02. The molecule has 16 heteroatoms. The van der Waals surface area contributed by atoms with Crippen LogP contribution in [0.3, 0.4) is 0 Å². The number of anilines is 1. The van der Waals surface area contributed by atoms with Crippen molar-refractivity contribution in [2.45, 2.75) is 17.8 Å². The highest BCUT2D eigenvalue weighted by molar-refractivity contribution is 8.00. The Balaban J connectivity index is 0.00000342. The fourth-order valence-electron chi connectivity index (χ4n) is 3.90. The van der Waals surface area contributed by atoms with Crippen molar-refractivity contribution in [3.05, 3.63) is 34.0 Å². The molecule has 35 heavy (non-hydrogen) atoms. The zero-order valence-electron chi connectivity index (χ0n) is 17.8. The van der Waals surface area contributed by atoms with E-state index in [0.717, 1.165) is 16.2 Å². The van der Waals surface area contributed by atoms with Crippen LogP contribution in [-0.2, 0) is 19.2 Å². The minimum Gasteiger partial charge on any atom is -0.477 e. The average molecular weight is 547 g/mol. The largest absolute Gasteiger partial charge is 0.477 e. The number of nitrogens with zero attached hydrogens (tertiary/aromatic N) is 4. The minimum absolute atomic E-state index is 0. The first-order chi connectivity index (χ1) is 16.3. The molecule has 12 nitrogen and oxygen atoms in total. The van der Waals surface area contributed by atoms with Crippen LogP contribution in [0.25, 0.3) is 0 Å². The van der Waals surface area contributed by atoms with Crippen molar-refractivity contribution in [3.63, 3.8) is 0 Å². The molecular weight excluding hydrogens is 527 g/mol. The monoisotopic (exact) mass is 546 g/mol. The van der Waals surface area contributed by atoms with E-state index < -0.39 is 41.6 Å². The number of carboxylic acids is 1. The number of β-lactam (4-membered cyclic amide) rings is 1. The third-order valence-corrected chi connectivity index (χ3v) is 7.46. The quantitative estimate of drug-likeness (QED) is 0.122. The second-order valence-electron chi connectivity index (χ2n) is 7.46. The molecule has 0 bridgehead atoms. The second kappa shape index (κ2) is 10.6. The molecule has 3 amide bonds. The SMILES string of the molecule is Cl.Nc1nc(C(=NO)C(=O)NC2C(=O)N3C(C(=O)O)=C(C=C4CCN(CCF)C4=O)CSC23)cs1.